The number of furan rings is 1. The lowest BCUT2D eigenvalue weighted by atomic mass is 9.93. The van der Waals surface area contributed by atoms with Gasteiger partial charge >= 0.3 is 0 Å². The molecule has 0 unspecified atom stereocenters. The summed E-state index contributed by atoms with van der Waals surface area (Å²) in [6.45, 7) is 6.33. The van der Waals surface area contributed by atoms with Crippen LogP contribution in [0.15, 0.2) is 53.1 Å². The largest absolute Gasteiger partial charge is 0.455 e. The summed E-state index contributed by atoms with van der Waals surface area (Å²) in [5, 5.41) is 11.8. The molecule has 0 amide bonds. The molecule has 26 heavy (non-hydrogen) atoms. The lowest BCUT2D eigenvalue weighted by Gasteiger charge is -2.08. The van der Waals surface area contributed by atoms with Gasteiger partial charge in [-0.15, -0.1) is 0 Å². The second-order valence-corrected chi connectivity index (χ2v) is 7.10. The van der Waals surface area contributed by atoms with E-state index in [1.165, 1.54) is 0 Å². The molecule has 0 atom stereocenters. The van der Waals surface area contributed by atoms with E-state index < -0.39 is 0 Å². The topological polar surface area (TPSA) is 40.8 Å². The van der Waals surface area contributed by atoms with Gasteiger partial charge in [0.2, 0.25) is 5.69 Å². The van der Waals surface area contributed by atoms with Gasteiger partial charge in [0, 0.05) is 22.9 Å². The van der Waals surface area contributed by atoms with Crippen molar-refractivity contribution in [2.75, 3.05) is 0 Å². The minimum atomic E-state index is 0.288. The van der Waals surface area contributed by atoms with Crippen LogP contribution in [0.25, 0.3) is 33.2 Å². The second kappa shape index (κ2) is 6.00. The van der Waals surface area contributed by atoms with Gasteiger partial charge in [-0.3, -0.25) is 0 Å². The van der Waals surface area contributed by atoms with E-state index in [4.69, 9.17) is 4.42 Å². The van der Waals surface area contributed by atoms with Crippen LogP contribution in [0.4, 0.5) is 0 Å². The number of nitriles is 1. The van der Waals surface area contributed by atoms with Crippen molar-refractivity contribution in [3.05, 3.63) is 65.4 Å². The fourth-order valence-corrected chi connectivity index (χ4v) is 3.75. The van der Waals surface area contributed by atoms with Crippen LogP contribution in [-0.4, -0.2) is 0 Å². The molecule has 0 radical (unpaired) electrons. The Kier molecular flexibility index (Phi) is 3.77. The minimum Gasteiger partial charge on any atom is -0.455 e. The van der Waals surface area contributed by atoms with Gasteiger partial charge in [-0.1, -0.05) is 32.0 Å². The number of fused-ring (bicyclic) bond motifs is 3. The molecule has 4 rings (SSSR count). The number of aromatic nitrogens is 1. The van der Waals surface area contributed by atoms with Crippen LogP contribution in [0.3, 0.4) is 0 Å². The highest BCUT2D eigenvalue weighted by Crippen LogP contribution is 2.39. The Morgan fingerprint density at radius 3 is 2.58 bits per heavy atom. The number of nitrogens with zero attached hydrogens (tertiary/aromatic N) is 2. The summed E-state index contributed by atoms with van der Waals surface area (Å²) in [6.07, 6.45) is 2.04. The summed E-state index contributed by atoms with van der Waals surface area (Å²) < 4.78 is 8.38. The number of hydrogen-bond donors (Lipinski definition) is 0. The first-order valence-corrected chi connectivity index (χ1v) is 8.86. The van der Waals surface area contributed by atoms with Crippen molar-refractivity contribution < 1.29 is 8.98 Å². The van der Waals surface area contributed by atoms with Crippen molar-refractivity contribution in [1.82, 2.24) is 0 Å². The molecule has 0 aliphatic carbocycles. The Balaban J connectivity index is 2.17. The van der Waals surface area contributed by atoms with Crippen molar-refractivity contribution >= 4 is 21.9 Å². The fourth-order valence-electron chi connectivity index (χ4n) is 3.75. The van der Waals surface area contributed by atoms with E-state index in [0.717, 1.165) is 49.9 Å². The van der Waals surface area contributed by atoms with Gasteiger partial charge in [0.25, 0.3) is 0 Å². The normalized spacial score (nSPS) is 11.4. The quantitative estimate of drug-likeness (QED) is 0.459. The van der Waals surface area contributed by atoms with Gasteiger partial charge in [0.15, 0.2) is 6.20 Å². The standard InChI is InChI=1S/C23H21N2O/c1-14(2)16-10-11-20-22(18(16)13-24)17-9-8-15(3)21(23(17)26-20)19-7-5-6-12-25(19)4/h5-12,14H,1-4H3/q+1. The predicted octanol–water partition coefficient (Wildman–Crippen LogP) is 5.38. The zero-order valence-electron chi connectivity index (χ0n) is 15.5. The smallest absolute Gasteiger partial charge is 0.216 e. The maximum absolute atomic E-state index is 9.83. The maximum Gasteiger partial charge on any atom is 0.216 e. The number of pyridine rings is 1. The first-order valence-electron chi connectivity index (χ1n) is 8.86. The molecule has 0 spiro atoms. The van der Waals surface area contributed by atoms with E-state index >= 15 is 0 Å². The third-order valence-electron chi connectivity index (χ3n) is 5.09. The Morgan fingerprint density at radius 1 is 1.08 bits per heavy atom. The van der Waals surface area contributed by atoms with Gasteiger partial charge in [-0.05, 0) is 36.1 Å². The lowest BCUT2D eigenvalue weighted by Crippen LogP contribution is -2.30. The minimum absolute atomic E-state index is 0.288. The maximum atomic E-state index is 9.83. The average Bonchev–Trinajstić information content (AvgIpc) is 3.00. The zero-order valence-corrected chi connectivity index (χ0v) is 15.5. The molecule has 4 aromatic rings. The Labute approximate surface area is 153 Å². The van der Waals surface area contributed by atoms with E-state index in [2.05, 4.69) is 49.6 Å². The van der Waals surface area contributed by atoms with Gasteiger partial charge in [0.05, 0.1) is 11.1 Å². The summed E-state index contributed by atoms with van der Waals surface area (Å²) in [4.78, 5) is 0. The molecule has 3 heteroatoms. The van der Waals surface area contributed by atoms with Gasteiger partial charge < -0.3 is 4.42 Å². The Hall–Kier alpha value is -3.12. The summed E-state index contributed by atoms with van der Waals surface area (Å²) in [5.41, 5.74) is 6.74. The van der Waals surface area contributed by atoms with E-state index in [0.29, 0.717) is 0 Å². The third-order valence-corrected chi connectivity index (χ3v) is 5.09. The highest BCUT2D eigenvalue weighted by atomic mass is 16.3. The highest BCUT2D eigenvalue weighted by Gasteiger charge is 2.22. The van der Waals surface area contributed by atoms with Gasteiger partial charge in [0.1, 0.15) is 24.3 Å². The summed E-state index contributed by atoms with van der Waals surface area (Å²) in [5.74, 6) is 0.288. The van der Waals surface area contributed by atoms with Crippen LogP contribution in [0.1, 0.15) is 36.5 Å². The zero-order chi connectivity index (χ0) is 18.4. The molecule has 2 aromatic carbocycles. The molecule has 0 N–H and O–H groups in total. The molecule has 0 aliphatic rings. The van der Waals surface area contributed by atoms with Crippen LogP contribution < -0.4 is 4.57 Å². The first kappa shape index (κ1) is 16.4. The molecule has 2 heterocycles. The van der Waals surface area contributed by atoms with Crippen LogP contribution in [0.5, 0.6) is 0 Å². The van der Waals surface area contributed by atoms with Crippen LogP contribution in [0, 0.1) is 18.3 Å². The van der Waals surface area contributed by atoms with Gasteiger partial charge in [-0.2, -0.15) is 5.26 Å². The molecule has 0 fully saturated rings. The molecule has 2 aromatic heterocycles. The monoisotopic (exact) mass is 341 g/mol. The Bertz CT molecular complexity index is 1190. The average molecular weight is 341 g/mol. The molecule has 128 valence electrons. The van der Waals surface area contributed by atoms with Crippen molar-refractivity contribution in [2.24, 2.45) is 7.05 Å². The summed E-state index contributed by atoms with van der Waals surface area (Å²) in [7, 11) is 2.04. The molecule has 0 aliphatic heterocycles. The number of rotatable bonds is 2. The third kappa shape index (κ3) is 2.30. The molecular formula is C23H21N2O+. The second-order valence-electron chi connectivity index (χ2n) is 7.10. The predicted molar refractivity (Wildman–Crippen MR) is 104 cm³/mol. The van der Waals surface area contributed by atoms with Crippen LogP contribution >= 0.6 is 0 Å². The number of aryl methyl sites for hydroxylation is 2. The first-order chi connectivity index (χ1) is 12.5. The highest BCUT2D eigenvalue weighted by molar-refractivity contribution is 6.12. The molecule has 3 nitrogen and oxygen atoms in total. The fraction of sp³-hybridized carbons (Fsp3) is 0.217. The molecular weight excluding hydrogens is 320 g/mol. The van der Waals surface area contributed by atoms with Gasteiger partial charge in [-0.25, -0.2) is 4.57 Å². The molecule has 0 bridgehead atoms. The summed E-state index contributed by atoms with van der Waals surface area (Å²) in [6, 6.07) is 16.8. The lowest BCUT2D eigenvalue weighted by molar-refractivity contribution is -0.660. The van der Waals surface area contributed by atoms with Crippen LogP contribution in [-0.2, 0) is 7.05 Å². The van der Waals surface area contributed by atoms with Crippen LogP contribution in [0.2, 0.25) is 0 Å². The number of benzene rings is 2. The molecule has 0 saturated carbocycles. The van der Waals surface area contributed by atoms with E-state index in [-0.39, 0.29) is 5.92 Å². The number of hydrogen-bond acceptors (Lipinski definition) is 2. The van der Waals surface area contributed by atoms with Crippen molar-refractivity contribution in [3.8, 4) is 17.3 Å². The van der Waals surface area contributed by atoms with E-state index in [1.807, 2.05) is 37.5 Å². The SMILES string of the molecule is Cc1ccc2c(oc3ccc(C(C)C)c(C#N)c32)c1-c1cccc[n+]1C. The summed E-state index contributed by atoms with van der Waals surface area (Å²) >= 11 is 0. The van der Waals surface area contributed by atoms with Crippen molar-refractivity contribution in [3.63, 3.8) is 0 Å². The van der Waals surface area contributed by atoms with Crippen molar-refractivity contribution in [2.45, 2.75) is 26.7 Å². The molecule has 0 saturated heterocycles. The van der Waals surface area contributed by atoms with E-state index in [9.17, 15) is 5.26 Å². The van der Waals surface area contributed by atoms with Crippen molar-refractivity contribution in [1.29, 1.82) is 5.26 Å². The Morgan fingerprint density at radius 2 is 1.88 bits per heavy atom. The van der Waals surface area contributed by atoms with E-state index in [1.54, 1.807) is 0 Å².